The third kappa shape index (κ3) is 6.32. The normalized spacial score (nSPS) is 10.9. The molecule has 0 atom stereocenters. The summed E-state index contributed by atoms with van der Waals surface area (Å²) in [5.74, 6) is -0.835. The molecule has 2 heterocycles. The minimum atomic E-state index is -5.08. The Morgan fingerprint density at radius 1 is 1.18 bits per heavy atom. The molecule has 0 fully saturated rings. The number of hydrogen-bond donors (Lipinski definition) is 4. The molecular weight excluding hydrogens is 441 g/mol. The molecule has 0 spiro atoms. The lowest BCUT2D eigenvalue weighted by Crippen LogP contribution is -2.21. The Morgan fingerprint density at radius 3 is 2.61 bits per heavy atom. The minimum absolute atomic E-state index is 0.260. The molecule has 0 unspecified atom stereocenters. The van der Waals surface area contributed by atoms with E-state index in [4.69, 9.17) is 20.4 Å². The second-order valence-corrected chi connectivity index (χ2v) is 6.60. The second kappa shape index (κ2) is 9.85. The van der Waals surface area contributed by atoms with Gasteiger partial charge in [0.1, 0.15) is 11.6 Å². The molecule has 12 heteroatoms. The fraction of sp³-hybridized carbons (Fsp3) is 0.143. The summed E-state index contributed by atoms with van der Waals surface area (Å²) >= 11 is 0. The quantitative estimate of drug-likeness (QED) is 0.352. The van der Waals surface area contributed by atoms with E-state index in [1.54, 1.807) is 13.3 Å². The molecule has 0 amide bonds. The van der Waals surface area contributed by atoms with E-state index >= 15 is 0 Å². The first-order chi connectivity index (χ1) is 15.7. The number of nitrogens with two attached hydrogens (primary N) is 1. The Labute approximate surface area is 185 Å². The number of nitrogens with one attached hydrogen (secondary N) is 2. The maximum atomic E-state index is 10.6. The number of methoxy groups -OCH3 is 1. The molecule has 0 aliphatic heterocycles. The zero-order valence-electron chi connectivity index (χ0n) is 17.2. The van der Waals surface area contributed by atoms with Crippen LogP contribution >= 0.6 is 0 Å². The van der Waals surface area contributed by atoms with Gasteiger partial charge >= 0.3 is 12.1 Å². The molecule has 0 saturated heterocycles. The fourth-order valence-corrected chi connectivity index (χ4v) is 2.76. The number of halogens is 3. The molecular formula is C21H19F3N6O3. The zero-order chi connectivity index (χ0) is 24.0. The Bertz CT molecular complexity index is 1260. The highest BCUT2D eigenvalue weighted by atomic mass is 19.4. The number of carboxylic acids is 1. The number of nitrogen functional groups attached to an aromatic ring is 1. The number of aliphatic carboxylic acids is 1. The van der Waals surface area contributed by atoms with Crippen LogP contribution in [0.5, 0.6) is 5.75 Å². The van der Waals surface area contributed by atoms with E-state index < -0.39 is 12.1 Å². The second-order valence-electron chi connectivity index (χ2n) is 6.60. The predicted octanol–water partition coefficient (Wildman–Crippen LogP) is 3.86. The van der Waals surface area contributed by atoms with E-state index in [2.05, 4.69) is 25.3 Å². The van der Waals surface area contributed by atoms with Crippen LogP contribution in [0.4, 0.5) is 24.8 Å². The number of rotatable bonds is 5. The van der Waals surface area contributed by atoms with E-state index in [0.29, 0.717) is 6.54 Å². The highest BCUT2D eigenvalue weighted by Crippen LogP contribution is 2.23. The number of ether oxygens (including phenoxy) is 1. The molecule has 4 aromatic rings. The number of imidazole rings is 1. The van der Waals surface area contributed by atoms with Crippen molar-refractivity contribution in [1.82, 2.24) is 19.9 Å². The number of aromatic amines is 1. The van der Waals surface area contributed by atoms with Crippen LogP contribution in [0.1, 0.15) is 5.82 Å². The summed E-state index contributed by atoms with van der Waals surface area (Å²) in [6.07, 6.45) is -3.43. The van der Waals surface area contributed by atoms with Crippen LogP contribution < -0.4 is 15.8 Å². The van der Waals surface area contributed by atoms with Crippen LogP contribution in [0.15, 0.2) is 54.7 Å². The van der Waals surface area contributed by atoms with Crippen molar-refractivity contribution in [1.29, 1.82) is 0 Å². The van der Waals surface area contributed by atoms with Crippen molar-refractivity contribution in [2.45, 2.75) is 12.7 Å². The van der Waals surface area contributed by atoms with E-state index in [0.717, 1.165) is 39.6 Å². The Hall–Kier alpha value is -4.35. The number of hydrogen-bond acceptors (Lipinski definition) is 7. The molecule has 0 bridgehead atoms. The van der Waals surface area contributed by atoms with Crippen molar-refractivity contribution in [2.24, 2.45) is 0 Å². The molecule has 5 N–H and O–H groups in total. The fourth-order valence-electron chi connectivity index (χ4n) is 2.76. The van der Waals surface area contributed by atoms with Gasteiger partial charge in [-0.15, -0.1) is 0 Å². The van der Waals surface area contributed by atoms with Crippen LogP contribution in [-0.4, -0.2) is 44.3 Å². The van der Waals surface area contributed by atoms with Crippen molar-refractivity contribution in [3.63, 3.8) is 0 Å². The average Bonchev–Trinajstić information content (AvgIpc) is 3.20. The molecule has 0 radical (unpaired) electrons. The summed E-state index contributed by atoms with van der Waals surface area (Å²) < 4.78 is 37.0. The third-order valence-electron chi connectivity index (χ3n) is 4.27. The highest BCUT2D eigenvalue weighted by Gasteiger charge is 2.38. The first kappa shape index (κ1) is 23.3. The summed E-state index contributed by atoms with van der Waals surface area (Å²) in [5, 5.41) is 10.5. The smallest absolute Gasteiger partial charge is 0.490 e. The number of carbonyl (C=O) groups is 1. The van der Waals surface area contributed by atoms with E-state index in [9.17, 15) is 13.2 Å². The highest BCUT2D eigenvalue weighted by molar-refractivity contribution is 5.81. The van der Waals surface area contributed by atoms with Gasteiger partial charge in [-0.05, 0) is 30.3 Å². The molecule has 4 rings (SSSR count). The van der Waals surface area contributed by atoms with Gasteiger partial charge in [-0.1, -0.05) is 12.1 Å². The van der Waals surface area contributed by atoms with Gasteiger partial charge in [-0.2, -0.15) is 13.2 Å². The third-order valence-corrected chi connectivity index (χ3v) is 4.27. The summed E-state index contributed by atoms with van der Waals surface area (Å²) in [6.45, 7) is 0.581. The Balaban J connectivity index is 0.000000383. The lowest BCUT2D eigenvalue weighted by Gasteiger charge is -2.06. The number of aromatic nitrogens is 4. The van der Waals surface area contributed by atoms with Crippen molar-refractivity contribution >= 4 is 28.6 Å². The SMILES string of the molecule is COc1cccc(NCc2nc3ccc(-c4ccnc(N)n4)cc3[nH]2)c1.O=C(O)C(F)(F)F. The summed E-state index contributed by atoms with van der Waals surface area (Å²) in [5.41, 5.74) is 10.2. The number of fused-ring (bicyclic) bond motifs is 1. The summed E-state index contributed by atoms with van der Waals surface area (Å²) in [7, 11) is 1.65. The average molecular weight is 460 g/mol. The van der Waals surface area contributed by atoms with Gasteiger partial charge in [0.05, 0.1) is 30.4 Å². The van der Waals surface area contributed by atoms with E-state index in [1.807, 2.05) is 48.5 Å². The summed E-state index contributed by atoms with van der Waals surface area (Å²) in [4.78, 5) is 25.0. The van der Waals surface area contributed by atoms with Crippen LogP contribution in [0.3, 0.4) is 0 Å². The molecule has 172 valence electrons. The Kier molecular flexibility index (Phi) is 6.96. The first-order valence-electron chi connectivity index (χ1n) is 9.41. The molecule has 2 aromatic carbocycles. The number of anilines is 2. The van der Waals surface area contributed by atoms with Crippen molar-refractivity contribution < 1.29 is 27.8 Å². The maximum Gasteiger partial charge on any atom is 0.490 e. The largest absolute Gasteiger partial charge is 0.497 e. The number of carboxylic acid groups (broad SMARTS) is 1. The zero-order valence-corrected chi connectivity index (χ0v) is 17.2. The number of alkyl halides is 3. The molecule has 0 aliphatic rings. The Morgan fingerprint density at radius 2 is 1.94 bits per heavy atom. The van der Waals surface area contributed by atoms with Gasteiger partial charge in [0.2, 0.25) is 5.95 Å². The minimum Gasteiger partial charge on any atom is -0.497 e. The van der Waals surface area contributed by atoms with Crippen molar-refractivity contribution in [3.8, 4) is 17.0 Å². The van der Waals surface area contributed by atoms with Crippen LogP contribution in [0.2, 0.25) is 0 Å². The monoisotopic (exact) mass is 460 g/mol. The maximum absolute atomic E-state index is 10.6. The van der Waals surface area contributed by atoms with Crippen LogP contribution in [-0.2, 0) is 11.3 Å². The number of nitrogens with zero attached hydrogens (tertiary/aromatic N) is 3. The van der Waals surface area contributed by atoms with Gasteiger partial charge in [0.25, 0.3) is 0 Å². The van der Waals surface area contributed by atoms with Crippen molar-refractivity contribution in [2.75, 3.05) is 18.2 Å². The van der Waals surface area contributed by atoms with Crippen LogP contribution in [0.25, 0.3) is 22.3 Å². The lowest BCUT2D eigenvalue weighted by molar-refractivity contribution is -0.192. The number of H-pyrrole nitrogens is 1. The number of benzene rings is 2. The van der Waals surface area contributed by atoms with Gasteiger partial charge in [0, 0.05) is 23.5 Å². The molecule has 0 saturated carbocycles. The van der Waals surface area contributed by atoms with Gasteiger partial charge < -0.3 is 25.9 Å². The summed E-state index contributed by atoms with van der Waals surface area (Å²) in [6, 6.07) is 15.6. The molecule has 2 aromatic heterocycles. The predicted molar refractivity (Wildman–Crippen MR) is 116 cm³/mol. The van der Waals surface area contributed by atoms with Gasteiger partial charge in [-0.25, -0.2) is 19.7 Å². The van der Waals surface area contributed by atoms with Crippen LogP contribution in [0, 0.1) is 0 Å². The molecule has 33 heavy (non-hydrogen) atoms. The lowest BCUT2D eigenvalue weighted by atomic mass is 10.1. The van der Waals surface area contributed by atoms with E-state index in [-0.39, 0.29) is 5.95 Å². The molecule has 9 nitrogen and oxygen atoms in total. The molecule has 0 aliphatic carbocycles. The van der Waals surface area contributed by atoms with E-state index in [1.165, 1.54) is 0 Å². The topological polar surface area (TPSA) is 139 Å². The van der Waals surface area contributed by atoms with Gasteiger partial charge in [-0.3, -0.25) is 0 Å². The van der Waals surface area contributed by atoms with Crippen molar-refractivity contribution in [3.05, 3.63) is 60.6 Å². The van der Waals surface area contributed by atoms with Gasteiger partial charge in [0.15, 0.2) is 0 Å². The first-order valence-corrected chi connectivity index (χ1v) is 9.41. The standard InChI is InChI=1S/C19H18N6O.C2HF3O2/c1-26-14-4-2-3-13(10-14)22-11-18-23-16-6-5-12(9-17(16)24-18)15-7-8-21-19(20)25-15;3-2(4,5)1(6)7/h2-10,22H,11H2,1H3,(H,23,24)(H2,20,21,25);(H,6,7).